The molecule has 4 rings (SSSR count). The van der Waals surface area contributed by atoms with Gasteiger partial charge in [0.25, 0.3) is 5.91 Å². The number of carbonyl (C=O) groups is 2. The van der Waals surface area contributed by atoms with Gasteiger partial charge in [-0.3, -0.25) is 4.79 Å². The number of benzene rings is 1. The summed E-state index contributed by atoms with van der Waals surface area (Å²) in [6, 6.07) is 6.98. The molecule has 1 aromatic carbocycles. The molecule has 1 atom stereocenters. The van der Waals surface area contributed by atoms with Crippen LogP contribution in [0.25, 0.3) is 27.2 Å². The van der Waals surface area contributed by atoms with Gasteiger partial charge in [0.05, 0.1) is 10.9 Å². The Balaban J connectivity index is 1.77. The van der Waals surface area contributed by atoms with E-state index in [4.69, 9.17) is 21.9 Å². The minimum atomic E-state index is -0.741. The van der Waals surface area contributed by atoms with Crippen LogP contribution in [0, 0.1) is 0 Å². The van der Waals surface area contributed by atoms with E-state index in [1.165, 1.54) is 6.33 Å². The second kappa shape index (κ2) is 9.44. The molecule has 2 amide bonds. The van der Waals surface area contributed by atoms with Gasteiger partial charge in [-0.05, 0) is 56.5 Å². The molecule has 1 fully saturated rings. The number of hydrogen-bond acceptors (Lipinski definition) is 6. The third-order valence-corrected chi connectivity index (χ3v) is 5.80. The largest absolute Gasteiger partial charge is 0.444 e. The van der Waals surface area contributed by atoms with Crippen molar-refractivity contribution in [3.63, 3.8) is 0 Å². The molecule has 1 aliphatic rings. The van der Waals surface area contributed by atoms with Gasteiger partial charge in [-0.2, -0.15) is 0 Å². The van der Waals surface area contributed by atoms with Gasteiger partial charge in [-0.1, -0.05) is 17.7 Å². The summed E-state index contributed by atoms with van der Waals surface area (Å²) in [5.41, 5.74) is 9.62. The first kappa shape index (κ1) is 24.3. The van der Waals surface area contributed by atoms with Crippen LogP contribution < -0.4 is 4.90 Å². The van der Waals surface area contributed by atoms with Crippen LogP contribution in [0.4, 0.5) is 10.6 Å². The Morgan fingerprint density at radius 2 is 2.03 bits per heavy atom. The first-order chi connectivity index (χ1) is 16.6. The Hall–Kier alpha value is -3.82. The maximum atomic E-state index is 12.8. The fraction of sp³-hybridized carbons (Fsp3) is 0.391. The van der Waals surface area contributed by atoms with Crippen molar-refractivity contribution in [2.45, 2.75) is 39.3 Å². The third kappa shape index (κ3) is 5.01. The maximum Gasteiger partial charge on any atom is 0.410 e. The lowest BCUT2D eigenvalue weighted by molar-refractivity contribution is 0.0218. The van der Waals surface area contributed by atoms with E-state index in [-0.39, 0.29) is 17.7 Å². The number of piperazine rings is 1. The van der Waals surface area contributed by atoms with Gasteiger partial charge in [0.1, 0.15) is 17.7 Å². The van der Waals surface area contributed by atoms with Crippen molar-refractivity contribution in [3.05, 3.63) is 57.8 Å². The number of fused-ring (bicyclic) bond motifs is 1. The van der Waals surface area contributed by atoms with E-state index in [9.17, 15) is 9.59 Å². The quantitative estimate of drug-likeness (QED) is 0.286. The van der Waals surface area contributed by atoms with Gasteiger partial charge in [0.2, 0.25) is 0 Å². The molecule has 0 saturated carbocycles. The lowest BCUT2D eigenvalue weighted by Gasteiger charge is -2.41. The molecule has 0 N–H and O–H groups in total. The van der Waals surface area contributed by atoms with Gasteiger partial charge in [-0.15, -0.1) is 0 Å². The zero-order valence-electron chi connectivity index (χ0n) is 19.8. The standard InChI is InChI=1S/C23H25ClN8O3/c1-14-11-30(22(34)35-23(2,3)4)8-9-31(14)19-18-17(21(33)28-29-25)12-32(20(18)27-13-26-19)16-7-5-6-15(24)10-16/h5-7,10,12-14H,8-9,11H2,1-4H3/t14-/m0/s1. The van der Waals surface area contributed by atoms with Gasteiger partial charge in [-0.25, -0.2) is 14.8 Å². The number of rotatable bonds is 3. The van der Waals surface area contributed by atoms with E-state index in [1.807, 2.05) is 38.7 Å². The molecule has 0 aliphatic carbocycles. The second-order valence-corrected chi connectivity index (χ2v) is 9.69. The van der Waals surface area contributed by atoms with E-state index < -0.39 is 11.5 Å². The summed E-state index contributed by atoms with van der Waals surface area (Å²) in [7, 11) is 0. The normalized spacial score (nSPS) is 16.2. The molecule has 12 heteroatoms. The molecule has 0 unspecified atom stereocenters. The summed E-state index contributed by atoms with van der Waals surface area (Å²) in [6.07, 6.45) is 2.63. The SMILES string of the molecule is C[C@H]1CN(C(=O)OC(C)(C)C)CCN1c1ncnc2c1c(C(=O)N=[N+]=[N-])cn2-c1cccc(Cl)c1. The molecule has 182 valence electrons. The van der Waals surface area contributed by atoms with Crippen molar-refractivity contribution in [3.8, 4) is 5.69 Å². The lowest BCUT2D eigenvalue weighted by Crippen LogP contribution is -2.54. The van der Waals surface area contributed by atoms with Crippen molar-refractivity contribution in [1.29, 1.82) is 0 Å². The van der Waals surface area contributed by atoms with Crippen LogP contribution in [0.2, 0.25) is 5.02 Å². The summed E-state index contributed by atoms with van der Waals surface area (Å²) < 4.78 is 7.23. The minimum Gasteiger partial charge on any atom is -0.444 e. The van der Waals surface area contributed by atoms with Gasteiger partial charge >= 0.3 is 6.09 Å². The molecule has 0 bridgehead atoms. The fourth-order valence-corrected chi connectivity index (χ4v) is 4.29. The molecular formula is C23H25ClN8O3. The van der Waals surface area contributed by atoms with Crippen LogP contribution >= 0.6 is 11.6 Å². The number of halogens is 1. The number of amides is 2. The van der Waals surface area contributed by atoms with Gasteiger partial charge < -0.3 is 19.1 Å². The van der Waals surface area contributed by atoms with E-state index in [0.717, 1.165) is 0 Å². The molecule has 35 heavy (non-hydrogen) atoms. The topological polar surface area (TPSA) is 129 Å². The molecule has 3 heterocycles. The van der Waals surface area contributed by atoms with Crippen molar-refractivity contribution < 1.29 is 14.3 Å². The Morgan fingerprint density at radius 1 is 1.26 bits per heavy atom. The highest BCUT2D eigenvalue weighted by atomic mass is 35.5. The number of hydrogen-bond donors (Lipinski definition) is 0. The highest BCUT2D eigenvalue weighted by Gasteiger charge is 2.32. The predicted octanol–water partition coefficient (Wildman–Crippen LogP) is 4.97. The summed E-state index contributed by atoms with van der Waals surface area (Å²) in [5, 5.41) is 4.29. The summed E-state index contributed by atoms with van der Waals surface area (Å²) in [6.45, 7) is 8.74. The smallest absolute Gasteiger partial charge is 0.410 e. The number of azide groups is 1. The monoisotopic (exact) mass is 496 g/mol. The van der Waals surface area contributed by atoms with Crippen LogP contribution in [0.15, 0.2) is 41.9 Å². The minimum absolute atomic E-state index is 0.133. The van der Waals surface area contributed by atoms with Gasteiger partial charge in [0.15, 0.2) is 5.65 Å². The van der Waals surface area contributed by atoms with Crippen molar-refractivity contribution >= 4 is 40.5 Å². The van der Waals surface area contributed by atoms with E-state index >= 15 is 0 Å². The molecular weight excluding hydrogens is 472 g/mol. The van der Waals surface area contributed by atoms with E-state index in [0.29, 0.717) is 47.2 Å². The number of anilines is 1. The Labute approximate surface area is 206 Å². The van der Waals surface area contributed by atoms with Crippen LogP contribution in [0.5, 0.6) is 0 Å². The number of aromatic nitrogens is 3. The van der Waals surface area contributed by atoms with Crippen molar-refractivity contribution in [2.75, 3.05) is 24.5 Å². The second-order valence-electron chi connectivity index (χ2n) is 9.25. The highest BCUT2D eigenvalue weighted by molar-refractivity contribution is 6.30. The zero-order valence-corrected chi connectivity index (χ0v) is 20.6. The molecule has 3 aromatic rings. The molecule has 1 saturated heterocycles. The molecule has 0 spiro atoms. The molecule has 1 aliphatic heterocycles. The summed E-state index contributed by atoms with van der Waals surface area (Å²) >= 11 is 6.19. The predicted molar refractivity (Wildman–Crippen MR) is 132 cm³/mol. The molecule has 11 nitrogen and oxygen atoms in total. The number of carbonyl (C=O) groups excluding carboxylic acids is 2. The maximum absolute atomic E-state index is 12.8. The third-order valence-electron chi connectivity index (χ3n) is 5.57. The van der Waals surface area contributed by atoms with Crippen molar-refractivity contribution in [2.24, 2.45) is 5.11 Å². The summed E-state index contributed by atoms with van der Waals surface area (Å²) in [4.78, 5) is 40.6. The van der Waals surface area contributed by atoms with E-state index in [1.54, 1.807) is 33.9 Å². The van der Waals surface area contributed by atoms with Gasteiger partial charge in [0, 0.05) is 47.5 Å². The molecule has 0 radical (unpaired) electrons. The fourth-order valence-electron chi connectivity index (χ4n) is 4.11. The Kier molecular flexibility index (Phi) is 6.56. The number of ether oxygens (including phenoxy) is 1. The Morgan fingerprint density at radius 3 is 2.69 bits per heavy atom. The van der Waals surface area contributed by atoms with Crippen LogP contribution in [-0.4, -0.2) is 62.7 Å². The van der Waals surface area contributed by atoms with E-state index in [2.05, 4.69) is 20.0 Å². The van der Waals surface area contributed by atoms with Crippen LogP contribution in [0.3, 0.4) is 0 Å². The average molecular weight is 497 g/mol. The highest BCUT2D eigenvalue weighted by Crippen LogP contribution is 2.33. The van der Waals surface area contributed by atoms with Crippen molar-refractivity contribution in [1.82, 2.24) is 19.4 Å². The zero-order chi connectivity index (χ0) is 25.3. The lowest BCUT2D eigenvalue weighted by atomic mass is 10.1. The average Bonchev–Trinajstić information content (AvgIpc) is 3.18. The summed E-state index contributed by atoms with van der Waals surface area (Å²) in [5.74, 6) is -0.224. The van der Waals surface area contributed by atoms with Crippen LogP contribution in [-0.2, 0) is 4.74 Å². The number of nitrogens with zero attached hydrogens (tertiary/aromatic N) is 8. The Bertz CT molecular complexity index is 1340. The van der Waals surface area contributed by atoms with Crippen LogP contribution in [0.1, 0.15) is 38.1 Å². The molecule has 2 aromatic heterocycles. The first-order valence-corrected chi connectivity index (χ1v) is 11.4. The first-order valence-electron chi connectivity index (χ1n) is 11.0.